The molecule has 0 bridgehead atoms. The van der Waals surface area contributed by atoms with Crippen molar-refractivity contribution < 1.29 is 9.90 Å². The van der Waals surface area contributed by atoms with E-state index in [1.54, 1.807) is 11.0 Å². The molecule has 1 fully saturated rings. The summed E-state index contributed by atoms with van der Waals surface area (Å²) >= 11 is 0. The predicted molar refractivity (Wildman–Crippen MR) is 115 cm³/mol. The van der Waals surface area contributed by atoms with Gasteiger partial charge in [0.25, 0.3) is 5.56 Å². The Morgan fingerprint density at radius 3 is 2.33 bits per heavy atom. The largest absolute Gasteiger partial charge is 0.387 e. The molecule has 4 rings (SSSR count). The molecule has 30 heavy (non-hydrogen) atoms. The number of benzene rings is 2. The minimum atomic E-state index is -0.545. The van der Waals surface area contributed by atoms with Crippen LogP contribution in [-0.4, -0.2) is 63.3 Å². The Labute approximate surface area is 175 Å². The van der Waals surface area contributed by atoms with E-state index in [1.807, 2.05) is 55.5 Å². The van der Waals surface area contributed by atoms with Crippen molar-refractivity contribution in [1.82, 2.24) is 19.6 Å². The molecule has 1 N–H and O–H groups in total. The van der Waals surface area contributed by atoms with Crippen LogP contribution < -0.4 is 5.56 Å². The highest BCUT2D eigenvalue weighted by Gasteiger charge is 2.24. The Hall–Kier alpha value is -3.03. The molecule has 3 aromatic rings. The Bertz CT molecular complexity index is 1090. The monoisotopic (exact) mass is 406 g/mol. The number of aliphatic hydroxyl groups is 1. The van der Waals surface area contributed by atoms with Crippen molar-refractivity contribution >= 4 is 16.7 Å². The van der Waals surface area contributed by atoms with Crippen LogP contribution in [0.4, 0.5) is 0 Å². The van der Waals surface area contributed by atoms with E-state index in [4.69, 9.17) is 0 Å². The highest BCUT2D eigenvalue weighted by molar-refractivity contribution is 5.83. The third-order valence-electron chi connectivity index (χ3n) is 5.68. The number of amides is 1. The minimum absolute atomic E-state index is 0.0584. The molecule has 7 nitrogen and oxygen atoms in total. The zero-order valence-corrected chi connectivity index (χ0v) is 17.1. The van der Waals surface area contributed by atoms with Crippen LogP contribution in [0.2, 0.25) is 0 Å². The van der Waals surface area contributed by atoms with Crippen LogP contribution in [0.5, 0.6) is 0 Å². The molecule has 1 unspecified atom stereocenters. The SMILES string of the molecule is Cc1nn(CC(=O)N2CCN(CC(O)c3ccccc3)CC2)c(=O)c2ccccc12. The number of nitrogens with zero attached hydrogens (tertiary/aromatic N) is 4. The fraction of sp³-hybridized carbons (Fsp3) is 0.348. The summed E-state index contributed by atoms with van der Waals surface area (Å²) in [6, 6.07) is 16.9. The molecule has 1 amide bonds. The van der Waals surface area contributed by atoms with Crippen LogP contribution in [0, 0.1) is 6.92 Å². The molecule has 156 valence electrons. The van der Waals surface area contributed by atoms with Gasteiger partial charge in [-0.05, 0) is 18.6 Å². The number of fused-ring (bicyclic) bond motifs is 1. The molecule has 1 atom stereocenters. The van der Waals surface area contributed by atoms with Crippen LogP contribution in [0.1, 0.15) is 17.4 Å². The van der Waals surface area contributed by atoms with E-state index in [9.17, 15) is 14.7 Å². The minimum Gasteiger partial charge on any atom is -0.387 e. The third-order valence-corrected chi connectivity index (χ3v) is 5.68. The fourth-order valence-electron chi connectivity index (χ4n) is 3.94. The average Bonchev–Trinajstić information content (AvgIpc) is 2.78. The summed E-state index contributed by atoms with van der Waals surface area (Å²) in [4.78, 5) is 29.4. The van der Waals surface area contributed by atoms with Crippen molar-refractivity contribution in [2.45, 2.75) is 19.6 Å². The molecule has 0 radical (unpaired) electrons. The van der Waals surface area contributed by atoms with Gasteiger partial charge in [0.15, 0.2) is 0 Å². The molecule has 1 aromatic heterocycles. The van der Waals surface area contributed by atoms with E-state index in [0.29, 0.717) is 38.1 Å². The molecule has 2 heterocycles. The van der Waals surface area contributed by atoms with Gasteiger partial charge in [0, 0.05) is 38.1 Å². The number of hydrogen-bond acceptors (Lipinski definition) is 5. The van der Waals surface area contributed by atoms with Crippen molar-refractivity contribution in [2.75, 3.05) is 32.7 Å². The molecule has 0 saturated carbocycles. The average molecular weight is 406 g/mol. The highest BCUT2D eigenvalue weighted by Crippen LogP contribution is 2.15. The Kier molecular flexibility index (Phi) is 5.92. The van der Waals surface area contributed by atoms with Crippen molar-refractivity contribution in [3.05, 3.63) is 76.2 Å². The fourth-order valence-corrected chi connectivity index (χ4v) is 3.94. The van der Waals surface area contributed by atoms with Gasteiger partial charge in [0.05, 0.1) is 17.2 Å². The van der Waals surface area contributed by atoms with Gasteiger partial charge in [-0.2, -0.15) is 5.10 Å². The van der Waals surface area contributed by atoms with E-state index >= 15 is 0 Å². The van der Waals surface area contributed by atoms with Gasteiger partial charge < -0.3 is 10.0 Å². The molecule has 1 aliphatic rings. The van der Waals surface area contributed by atoms with Gasteiger partial charge in [-0.3, -0.25) is 14.5 Å². The van der Waals surface area contributed by atoms with Gasteiger partial charge in [-0.1, -0.05) is 48.5 Å². The number of carbonyl (C=O) groups excluding carboxylic acids is 1. The molecule has 0 aliphatic carbocycles. The van der Waals surface area contributed by atoms with Gasteiger partial charge in [0.2, 0.25) is 5.91 Å². The van der Waals surface area contributed by atoms with Crippen LogP contribution >= 0.6 is 0 Å². The van der Waals surface area contributed by atoms with Crippen molar-refractivity contribution in [3.63, 3.8) is 0 Å². The normalized spacial score (nSPS) is 16.0. The molecule has 2 aromatic carbocycles. The number of aryl methyl sites for hydroxylation is 1. The van der Waals surface area contributed by atoms with Crippen molar-refractivity contribution in [2.24, 2.45) is 0 Å². The van der Waals surface area contributed by atoms with E-state index in [-0.39, 0.29) is 18.0 Å². The molecular formula is C23H26N4O3. The lowest BCUT2D eigenvalue weighted by atomic mass is 10.1. The van der Waals surface area contributed by atoms with E-state index < -0.39 is 6.10 Å². The lowest BCUT2D eigenvalue weighted by Gasteiger charge is -2.35. The molecule has 0 spiro atoms. The molecule has 1 aliphatic heterocycles. The zero-order valence-electron chi connectivity index (χ0n) is 17.1. The first kappa shape index (κ1) is 20.3. The third kappa shape index (κ3) is 4.27. The lowest BCUT2D eigenvalue weighted by Crippen LogP contribution is -2.50. The maximum Gasteiger partial charge on any atom is 0.275 e. The number of β-amino-alcohol motifs (C(OH)–C–C–N with tert-alkyl or cyclic N) is 1. The van der Waals surface area contributed by atoms with E-state index in [1.165, 1.54) is 4.68 Å². The second kappa shape index (κ2) is 8.77. The molecule has 1 saturated heterocycles. The zero-order chi connectivity index (χ0) is 21.1. The van der Waals surface area contributed by atoms with Crippen LogP contribution in [0.25, 0.3) is 10.8 Å². The number of aliphatic hydroxyl groups excluding tert-OH is 1. The van der Waals surface area contributed by atoms with Crippen LogP contribution in [0.15, 0.2) is 59.4 Å². The maximum absolute atomic E-state index is 12.8. The summed E-state index contributed by atoms with van der Waals surface area (Å²) in [6.07, 6.45) is -0.545. The summed E-state index contributed by atoms with van der Waals surface area (Å²) < 4.78 is 1.27. The molecule has 7 heteroatoms. The topological polar surface area (TPSA) is 78.7 Å². The van der Waals surface area contributed by atoms with Gasteiger partial charge in [0.1, 0.15) is 6.54 Å². The Balaban J connectivity index is 1.37. The van der Waals surface area contributed by atoms with Crippen LogP contribution in [0.3, 0.4) is 0 Å². The Morgan fingerprint density at radius 1 is 1.00 bits per heavy atom. The number of hydrogen-bond donors (Lipinski definition) is 1. The number of piperazine rings is 1. The quantitative estimate of drug-likeness (QED) is 0.696. The van der Waals surface area contributed by atoms with Gasteiger partial charge >= 0.3 is 0 Å². The Morgan fingerprint density at radius 2 is 1.63 bits per heavy atom. The first-order valence-corrected chi connectivity index (χ1v) is 10.2. The van der Waals surface area contributed by atoms with E-state index in [2.05, 4.69) is 10.00 Å². The smallest absolute Gasteiger partial charge is 0.275 e. The number of aromatic nitrogens is 2. The standard InChI is InChI=1S/C23H26N4O3/c1-17-19-9-5-6-10-20(19)23(30)27(24-17)16-22(29)26-13-11-25(12-14-26)15-21(28)18-7-3-2-4-8-18/h2-10,21,28H,11-16H2,1H3. The molecular weight excluding hydrogens is 380 g/mol. The summed E-state index contributed by atoms with van der Waals surface area (Å²) in [6.45, 7) is 4.85. The summed E-state index contributed by atoms with van der Waals surface area (Å²) in [7, 11) is 0. The summed E-state index contributed by atoms with van der Waals surface area (Å²) in [5.74, 6) is -0.109. The van der Waals surface area contributed by atoms with Crippen molar-refractivity contribution in [3.8, 4) is 0 Å². The van der Waals surface area contributed by atoms with Crippen molar-refractivity contribution in [1.29, 1.82) is 0 Å². The summed E-state index contributed by atoms with van der Waals surface area (Å²) in [5, 5.41) is 16.2. The first-order valence-electron chi connectivity index (χ1n) is 10.2. The van der Waals surface area contributed by atoms with Crippen LogP contribution in [-0.2, 0) is 11.3 Å². The van der Waals surface area contributed by atoms with Gasteiger partial charge in [-0.15, -0.1) is 0 Å². The highest BCUT2D eigenvalue weighted by atomic mass is 16.3. The second-order valence-corrected chi connectivity index (χ2v) is 7.70. The predicted octanol–water partition coefficient (Wildman–Crippen LogP) is 1.58. The lowest BCUT2D eigenvalue weighted by molar-refractivity contribution is -0.134. The second-order valence-electron chi connectivity index (χ2n) is 7.70. The summed E-state index contributed by atoms with van der Waals surface area (Å²) in [5.41, 5.74) is 1.39. The number of rotatable bonds is 5. The number of carbonyl (C=O) groups is 1. The van der Waals surface area contributed by atoms with Gasteiger partial charge in [-0.25, -0.2) is 4.68 Å². The van der Waals surface area contributed by atoms with E-state index in [0.717, 1.165) is 16.6 Å². The first-order chi connectivity index (χ1) is 14.5. The maximum atomic E-state index is 12.8.